The van der Waals surface area contributed by atoms with Crippen molar-refractivity contribution < 1.29 is 0 Å². The minimum Gasteiger partial charge on any atom is -0.0888 e. The van der Waals surface area contributed by atoms with Gasteiger partial charge >= 0.3 is 0 Å². The van der Waals surface area contributed by atoms with Gasteiger partial charge in [0.1, 0.15) is 0 Å². The van der Waals surface area contributed by atoms with Crippen molar-refractivity contribution in [1.82, 2.24) is 0 Å². The van der Waals surface area contributed by atoms with Gasteiger partial charge in [-0.25, -0.2) is 0 Å². The first-order valence-electron chi connectivity index (χ1n) is 11.1. The van der Waals surface area contributed by atoms with Gasteiger partial charge in [-0.3, -0.25) is 0 Å². The molecule has 0 nitrogen and oxygen atoms in total. The first kappa shape index (κ1) is 22.1. The molecule has 3 aromatic carbocycles. The number of unbranched alkanes of at least 4 members (excludes halogenated alkanes) is 2. The molecule has 0 radical (unpaired) electrons. The van der Waals surface area contributed by atoms with E-state index in [9.17, 15) is 0 Å². The molecular formula is C29H33P. The third-order valence-corrected chi connectivity index (χ3v) is 9.44. The van der Waals surface area contributed by atoms with Crippen molar-refractivity contribution in [2.24, 2.45) is 0 Å². The molecule has 0 bridgehead atoms. The smallest absolute Gasteiger partial charge is 0.0163 e. The molecule has 0 aromatic heterocycles. The highest BCUT2D eigenvalue weighted by molar-refractivity contribution is 7.94. The van der Waals surface area contributed by atoms with Crippen LogP contribution in [-0.4, -0.2) is 5.80 Å². The Morgan fingerprint density at radius 2 is 0.867 bits per heavy atom. The first-order valence-corrected chi connectivity index (χ1v) is 12.9. The molecule has 0 N–H and O–H groups in total. The molecular weight excluding hydrogens is 379 g/mol. The van der Waals surface area contributed by atoms with Crippen LogP contribution in [0.15, 0.2) is 115 Å². The van der Waals surface area contributed by atoms with E-state index < -0.39 is 6.89 Å². The van der Waals surface area contributed by atoms with Gasteiger partial charge in [-0.2, -0.15) is 0 Å². The van der Waals surface area contributed by atoms with Crippen LogP contribution in [0.5, 0.6) is 0 Å². The molecule has 0 heterocycles. The SMILES string of the molecule is CCC=CCCC=CCCC=P(c1ccccc1)(c1ccccc1)c1ccccc1. The van der Waals surface area contributed by atoms with Gasteiger partial charge < -0.3 is 0 Å². The van der Waals surface area contributed by atoms with Gasteiger partial charge in [-0.05, 0) is 54.9 Å². The van der Waals surface area contributed by atoms with Crippen molar-refractivity contribution in [2.75, 3.05) is 0 Å². The molecule has 0 aliphatic heterocycles. The molecule has 0 fully saturated rings. The van der Waals surface area contributed by atoms with E-state index in [1.807, 2.05) is 0 Å². The second-order valence-electron chi connectivity index (χ2n) is 7.42. The molecule has 0 unspecified atom stereocenters. The maximum atomic E-state index is 2.62. The van der Waals surface area contributed by atoms with Crippen LogP contribution in [0.2, 0.25) is 0 Å². The predicted octanol–water partition coefficient (Wildman–Crippen LogP) is 6.87. The monoisotopic (exact) mass is 412 g/mol. The molecule has 0 spiro atoms. The number of benzene rings is 3. The Hall–Kier alpha value is -2.56. The van der Waals surface area contributed by atoms with Crippen LogP contribution in [0.1, 0.15) is 39.0 Å². The summed E-state index contributed by atoms with van der Waals surface area (Å²) in [4.78, 5) is 0. The van der Waals surface area contributed by atoms with Gasteiger partial charge in [0.15, 0.2) is 0 Å². The summed E-state index contributed by atoms with van der Waals surface area (Å²) >= 11 is 0. The zero-order valence-electron chi connectivity index (χ0n) is 18.0. The van der Waals surface area contributed by atoms with Gasteiger partial charge in [0, 0.05) is 0 Å². The molecule has 0 saturated heterocycles. The largest absolute Gasteiger partial charge is 0.0888 e. The Morgan fingerprint density at radius 3 is 1.27 bits per heavy atom. The number of hydrogen-bond acceptors (Lipinski definition) is 0. The number of rotatable bonds is 10. The normalized spacial score (nSPS) is 11.9. The average Bonchev–Trinajstić information content (AvgIpc) is 2.82. The van der Waals surface area contributed by atoms with E-state index in [0.29, 0.717) is 0 Å². The quantitative estimate of drug-likeness (QED) is 0.194. The van der Waals surface area contributed by atoms with Gasteiger partial charge in [0.2, 0.25) is 0 Å². The Kier molecular flexibility index (Phi) is 9.01. The molecule has 30 heavy (non-hydrogen) atoms. The highest BCUT2D eigenvalue weighted by Crippen LogP contribution is 2.43. The van der Waals surface area contributed by atoms with Crippen molar-refractivity contribution >= 4 is 28.6 Å². The Morgan fingerprint density at radius 1 is 0.500 bits per heavy atom. The molecule has 0 amide bonds. The maximum Gasteiger partial charge on any atom is -0.0163 e. The lowest BCUT2D eigenvalue weighted by Crippen LogP contribution is -2.26. The predicted molar refractivity (Wildman–Crippen MR) is 138 cm³/mol. The Balaban J connectivity index is 1.94. The Labute approximate surface area is 183 Å². The number of hydrogen-bond donors (Lipinski definition) is 0. The summed E-state index contributed by atoms with van der Waals surface area (Å²) in [5.41, 5.74) is 0. The van der Waals surface area contributed by atoms with Crippen molar-refractivity contribution in [3.63, 3.8) is 0 Å². The summed E-state index contributed by atoms with van der Waals surface area (Å²) in [6.45, 7) is 0.391. The van der Waals surface area contributed by atoms with E-state index in [1.165, 1.54) is 15.9 Å². The van der Waals surface area contributed by atoms with Crippen molar-refractivity contribution in [2.45, 2.75) is 39.0 Å². The summed E-state index contributed by atoms with van der Waals surface area (Å²) in [6.07, 6.45) is 14.8. The molecule has 0 aliphatic rings. The fourth-order valence-corrected chi connectivity index (χ4v) is 7.82. The Bertz CT molecular complexity index is 863. The maximum absolute atomic E-state index is 2.62. The second kappa shape index (κ2) is 12.2. The van der Waals surface area contributed by atoms with Gasteiger partial charge in [0.05, 0.1) is 0 Å². The van der Waals surface area contributed by atoms with Gasteiger partial charge in [-0.1, -0.05) is 128 Å². The van der Waals surface area contributed by atoms with Crippen LogP contribution in [0.25, 0.3) is 0 Å². The van der Waals surface area contributed by atoms with E-state index in [2.05, 4.69) is 128 Å². The minimum atomic E-state index is -1.79. The third-order valence-electron chi connectivity index (χ3n) is 5.30. The van der Waals surface area contributed by atoms with Crippen molar-refractivity contribution in [3.8, 4) is 0 Å². The van der Waals surface area contributed by atoms with Crippen LogP contribution in [0, 0.1) is 0 Å². The fraction of sp³-hybridized carbons (Fsp3) is 0.207. The van der Waals surface area contributed by atoms with E-state index in [4.69, 9.17) is 0 Å². The molecule has 1 heteroatoms. The summed E-state index contributed by atoms with van der Waals surface area (Å²) in [5, 5.41) is 4.28. The average molecular weight is 413 g/mol. The zero-order chi connectivity index (χ0) is 20.9. The zero-order valence-corrected chi connectivity index (χ0v) is 18.9. The fourth-order valence-electron chi connectivity index (χ4n) is 3.83. The summed E-state index contributed by atoms with van der Waals surface area (Å²) in [7, 11) is 0. The molecule has 0 atom stereocenters. The van der Waals surface area contributed by atoms with Crippen LogP contribution in [0.4, 0.5) is 0 Å². The van der Waals surface area contributed by atoms with Crippen molar-refractivity contribution in [1.29, 1.82) is 0 Å². The lowest BCUT2D eigenvalue weighted by Gasteiger charge is -2.28. The van der Waals surface area contributed by atoms with E-state index in [1.54, 1.807) is 0 Å². The standard InChI is InChI=1S/C29H33P/c1-2-3-4-5-6-7-8-9-19-26-30(27-20-13-10-14-21-27,28-22-15-11-16-23-28)29-24-17-12-18-25-29/h3-4,7-8,10-18,20-26H,2,5-6,9,19H2,1H3. The number of allylic oxidation sites excluding steroid dienone is 4. The second-order valence-corrected chi connectivity index (χ2v) is 10.8. The molecule has 0 saturated carbocycles. The highest BCUT2D eigenvalue weighted by atomic mass is 31.2. The molecule has 154 valence electrons. The van der Waals surface area contributed by atoms with Crippen LogP contribution in [0.3, 0.4) is 0 Å². The van der Waals surface area contributed by atoms with E-state index in [0.717, 1.165) is 32.1 Å². The third kappa shape index (κ3) is 5.74. The summed E-state index contributed by atoms with van der Waals surface area (Å²) in [6, 6.07) is 33.2. The van der Waals surface area contributed by atoms with Gasteiger partial charge in [-0.15, -0.1) is 0 Å². The highest BCUT2D eigenvalue weighted by Gasteiger charge is 2.23. The topological polar surface area (TPSA) is 0 Å². The van der Waals surface area contributed by atoms with Crippen LogP contribution < -0.4 is 15.9 Å². The van der Waals surface area contributed by atoms with Crippen LogP contribution >= 0.6 is 6.89 Å². The van der Waals surface area contributed by atoms with E-state index in [-0.39, 0.29) is 0 Å². The molecule has 0 aliphatic carbocycles. The molecule has 3 aromatic rings. The van der Waals surface area contributed by atoms with Crippen molar-refractivity contribution in [3.05, 3.63) is 115 Å². The minimum absolute atomic E-state index is 1.08. The lowest BCUT2D eigenvalue weighted by molar-refractivity contribution is 1.02. The van der Waals surface area contributed by atoms with Crippen LogP contribution in [-0.2, 0) is 0 Å². The molecule has 3 rings (SSSR count). The lowest BCUT2D eigenvalue weighted by atomic mass is 10.2. The summed E-state index contributed by atoms with van der Waals surface area (Å²) < 4.78 is 0. The first-order chi connectivity index (χ1) is 14.9. The van der Waals surface area contributed by atoms with Gasteiger partial charge in [0.25, 0.3) is 0 Å². The van der Waals surface area contributed by atoms with E-state index >= 15 is 0 Å². The summed E-state index contributed by atoms with van der Waals surface area (Å²) in [5.74, 6) is 2.62.